The van der Waals surface area contributed by atoms with Crippen LogP contribution in [0, 0.1) is 0 Å². The molecule has 2 heterocycles. The highest BCUT2D eigenvalue weighted by molar-refractivity contribution is 5.11. The second-order valence-corrected chi connectivity index (χ2v) is 2.59. The third-order valence-electron chi connectivity index (χ3n) is 1.75. The highest BCUT2D eigenvalue weighted by Crippen LogP contribution is 1.93. The Bertz CT molecular complexity index is 258. The number of anilines is 1. The van der Waals surface area contributed by atoms with Gasteiger partial charge in [-0.25, -0.2) is 0 Å². The van der Waals surface area contributed by atoms with Gasteiger partial charge in [0.1, 0.15) is 0 Å². The van der Waals surface area contributed by atoms with Crippen LogP contribution >= 0.6 is 0 Å². The number of ether oxygens (including phenoxy) is 1. The Morgan fingerprint density at radius 2 is 2.07 bits per heavy atom. The fourth-order valence-electron chi connectivity index (χ4n) is 1.14. The molecule has 1 saturated heterocycles. The van der Waals surface area contributed by atoms with Crippen LogP contribution in [-0.4, -0.2) is 31.6 Å². The van der Waals surface area contributed by atoms with E-state index in [4.69, 9.17) is 15.0 Å². The maximum absolute atomic E-state index is 5.38. The Morgan fingerprint density at radius 3 is 2.57 bits per heavy atom. The molecule has 14 heavy (non-hydrogen) atoms. The standard InChI is InChI=1S/C6H11N4O2.C2H6/c7-6-5-10(8-12-6)9-1-3-11-4-2-9;1-2/h5H,1-4,7H2;1-2H3/q+1;. The van der Waals surface area contributed by atoms with Crippen molar-refractivity contribution in [3.05, 3.63) is 6.20 Å². The number of morpholine rings is 1. The lowest BCUT2D eigenvalue weighted by Gasteiger charge is -2.18. The number of nitrogens with two attached hydrogens (primary N) is 1. The Kier molecular flexibility index (Phi) is 4.18. The molecule has 1 aliphatic rings. The first kappa shape index (κ1) is 10.8. The van der Waals surface area contributed by atoms with Crippen molar-refractivity contribution in [2.24, 2.45) is 0 Å². The predicted octanol–water partition coefficient (Wildman–Crippen LogP) is -0.461. The van der Waals surface area contributed by atoms with Gasteiger partial charge >= 0.3 is 0 Å². The molecule has 2 N–H and O–H groups in total. The third kappa shape index (κ3) is 2.59. The number of hydrogen-bond donors (Lipinski definition) is 1. The Morgan fingerprint density at radius 1 is 1.43 bits per heavy atom. The Labute approximate surface area is 83.2 Å². The van der Waals surface area contributed by atoms with E-state index in [1.165, 1.54) is 0 Å². The lowest BCUT2D eigenvalue weighted by molar-refractivity contribution is -0.759. The van der Waals surface area contributed by atoms with E-state index in [1.54, 1.807) is 11.0 Å². The third-order valence-corrected chi connectivity index (χ3v) is 1.75. The molecule has 0 aromatic carbocycles. The molecular formula is C8H17N4O2+. The average molecular weight is 201 g/mol. The maximum Gasteiger partial charge on any atom is 0.296 e. The quantitative estimate of drug-likeness (QED) is 0.623. The van der Waals surface area contributed by atoms with E-state index >= 15 is 0 Å². The van der Waals surface area contributed by atoms with Gasteiger partial charge in [0.15, 0.2) is 0 Å². The van der Waals surface area contributed by atoms with Crippen LogP contribution in [0.4, 0.5) is 5.88 Å². The fraction of sp³-hybridized carbons (Fsp3) is 0.750. The number of nitrogen functional groups attached to an aromatic ring is 1. The van der Waals surface area contributed by atoms with Crippen molar-refractivity contribution in [1.82, 2.24) is 5.27 Å². The van der Waals surface area contributed by atoms with Crippen LogP contribution in [-0.2, 0) is 4.74 Å². The summed E-state index contributed by atoms with van der Waals surface area (Å²) in [5, 5.41) is 5.73. The van der Waals surface area contributed by atoms with Crippen molar-refractivity contribution in [2.45, 2.75) is 13.8 Å². The van der Waals surface area contributed by atoms with Crippen LogP contribution in [0.5, 0.6) is 0 Å². The van der Waals surface area contributed by atoms with E-state index in [-0.39, 0.29) is 0 Å². The zero-order valence-corrected chi connectivity index (χ0v) is 8.64. The van der Waals surface area contributed by atoms with Crippen molar-refractivity contribution in [1.29, 1.82) is 0 Å². The predicted molar refractivity (Wildman–Crippen MR) is 51.2 cm³/mol. The Balaban J connectivity index is 0.000000461. The summed E-state index contributed by atoms with van der Waals surface area (Å²) in [5.74, 6) is 0.321. The minimum atomic E-state index is 0.321. The van der Waals surface area contributed by atoms with Crippen molar-refractivity contribution in [3.63, 3.8) is 0 Å². The summed E-state index contributed by atoms with van der Waals surface area (Å²) in [6, 6.07) is 0. The first-order chi connectivity index (χ1) is 6.86. The molecule has 0 atom stereocenters. The summed E-state index contributed by atoms with van der Waals surface area (Å²) in [7, 11) is 0. The summed E-state index contributed by atoms with van der Waals surface area (Å²) in [4.78, 5) is 1.61. The van der Waals surface area contributed by atoms with E-state index in [0.717, 1.165) is 26.3 Å². The molecule has 0 spiro atoms. The average Bonchev–Trinajstić information content (AvgIpc) is 2.69. The van der Waals surface area contributed by atoms with Crippen LogP contribution in [0.15, 0.2) is 10.7 Å². The fourth-order valence-corrected chi connectivity index (χ4v) is 1.14. The smallest absolute Gasteiger partial charge is 0.296 e. The normalized spacial score (nSPS) is 16.0. The van der Waals surface area contributed by atoms with E-state index in [9.17, 15) is 0 Å². The van der Waals surface area contributed by atoms with Gasteiger partial charge in [0.2, 0.25) is 5.27 Å². The minimum Gasteiger partial charge on any atom is -0.377 e. The van der Waals surface area contributed by atoms with Crippen LogP contribution < -0.4 is 15.5 Å². The SMILES string of the molecule is CC.Nc1c[n+](N2CCOCC2)no1. The molecule has 1 fully saturated rings. The van der Waals surface area contributed by atoms with Gasteiger partial charge in [-0.05, 0) is 0 Å². The van der Waals surface area contributed by atoms with Gasteiger partial charge in [0.25, 0.3) is 12.1 Å². The van der Waals surface area contributed by atoms with Gasteiger partial charge in [-0.3, -0.25) is 4.52 Å². The van der Waals surface area contributed by atoms with Crippen molar-refractivity contribution in [3.8, 4) is 0 Å². The van der Waals surface area contributed by atoms with Gasteiger partial charge in [0.05, 0.1) is 31.1 Å². The minimum absolute atomic E-state index is 0.321. The monoisotopic (exact) mass is 201 g/mol. The lowest BCUT2D eigenvalue weighted by Crippen LogP contribution is -2.62. The summed E-state index contributed by atoms with van der Waals surface area (Å²) in [6.45, 7) is 7.08. The molecule has 6 heteroatoms. The molecule has 1 aromatic rings. The van der Waals surface area contributed by atoms with E-state index in [0.29, 0.717) is 5.88 Å². The largest absolute Gasteiger partial charge is 0.377 e. The Hall–Kier alpha value is -1.30. The van der Waals surface area contributed by atoms with E-state index in [2.05, 4.69) is 5.27 Å². The number of nitrogens with zero attached hydrogens (tertiary/aromatic N) is 3. The first-order valence-electron chi connectivity index (χ1n) is 4.83. The number of rotatable bonds is 1. The summed E-state index contributed by atoms with van der Waals surface area (Å²) >= 11 is 0. The van der Waals surface area contributed by atoms with Gasteiger partial charge in [0, 0.05) is 0 Å². The zero-order valence-electron chi connectivity index (χ0n) is 8.64. The van der Waals surface area contributed by atoms with Crippen LogP contribution in [0.2, 0.25) is 0 Å². The molecule has 0 bridgehead atoms. The molecule has 2 rings (SSSR count). The second-order valence-electron chi connectivity index (χ2n) is 2.59. The molecule has 0 aliphatic carbocycles. The topological polar surface area (TPSA) is 68.4 Å². The summed E-state index contributed by atoms with van der Waals surface area (Å²) in [6.07, 6.45) is 1.64. The number of aromatic nitrogens is 2. The van der Waals surface area contributed by atoms with Crippen molar-refractivity contribution < 1.29 is 14.1 Å². The van der Waals surface area contributed by atoms with Crippen molar-refractivity contribution >= 4 is 5.88 Å². The molecular weight excluding hydrogens is 184 g/mol. The molecule has 80 valence electrons. The van der Waals surface area contributed by atoms with E-state index in [1.807, 2.05) is 18.9 Å². The van der Waals surface area contributed by atoms with Crippen molar-refractivity contribution in [2.75, 3.05) is 37.0 Å². The molecule has 1 aromatic heterocycles. The molecule has 0 unspecified atom stereocenters. The summed E-state index contributed by atoms with van der Waals surface area (Å²) in [5.41, 5.74) is 5.38. The van der Waals surface area contributed by atoms with Crippen LogP contribution in [0.25, 0.3) is 0 Å². The van der Waals surface area contributed by atoms with Crippen LogP contribution in [0.3, 0.4) is 0 Å². The summed E-state index contributed by atoms with van der Waals surface area (Å²) < 4.78 is 9.91. The van der Waals surface area contributed by atoms with Gasteiger partial charge in [-0.1, -0.05) is 13.8 Å². The van der Waals surface area contributed by atoms with Gasteiger partial charge in [-0.2, -0.15) is 0 Å². The molecule has 1 aliphatic heterocycles. The molecule has 0 radical (unpaired) electrons. The number of hydrogen-bond acceptors (Lipinski definition) is 5. The maximum atomic E-state index is 5.38. The van der Waals surface area contributed by atoms with Gasteiger partial charge < -0.3 is 10.5 Å². The highest BCUT2D eigenvalue weighted by Gasteiger charge is 2.21. The first-order valence-corrected chi connectivity index (χ1v) is 4.83. The molecule has 0 saturated carbocycles. The van der Waals surface area contributed by atoms with Gasteiger partial charge in [-0.15, -0.1) is 5.01 Å². The van der Waals surface area contributed by atoms with Crippen LogP contribution in [0.1, 0.15) is 13.8 Å². The molecule has 6 nitrogen and oxygen atoms in total. The highest BCUT2D eigenvalue weighted by atomic mass is 16.5. The lowest BCUT2D eigenvalue weighted by atomic mass is 10.5. The zero-order chi connectivity index (χ0) is 10.4. The molecule has 0 amide bonds. The van der Waals surface area contributed by atoms with E-state index < -0.39 is 0 Å². The second kappa shape index (κ2) is 5.43.